The number of carbonyl (C=O) groups is 2. The van der Waals surface area contributed by atoms with Gasteiger partial charge in [-0.25, -0.2) is 19.6 Å². The third-order valence-electron chi connectivity index (χ3n) is 11.5. The van der Waals surface area contributed by atoms with Gasteiger partial charge in [-0.05, 0) is 60.4 Å². The van der Waals surface area contributed by atoms with Crippen LogP contribution in [-0.4, -0.2) is 35.1 Å². The first kappa shape index (κ1) is 44.2. The standard InChI is InChI=1S/C54H64N2O4/c1-3-5-7-9-11-13-15-17-25-35-59-53(57)47-39-51(41-27-21-19-22-28-41)55-49-33-31-43(37-45(47)49)44-32-34-50-46(38-44)48(40-52(56-50)42-29-23-20-24-30-42)54(58)60-36-26-18-16-14-12-10-8-6-4-2/h19-24,27-34,37-40H,3-18,25-26,35-36H2,1-2H3. The minimum atomic E-state index is -0.343. The van der Waals surface area contributed by atoms with Crippen LogP contribution in [-0.2, 0) is 9.47 Å². The van der Waals surface area contributed by atoms with E-state index in [2.05, 4.69) is 13.8 Å². The Hall–Kier alpha value is -5.36. The van der Waals surface area contributed by atoms with Crippen molar-refractivity contribution in [2.45, 2.75) is 129 Å². The zero-order chi connectivity index (χ0) is 41.8. The van der Waals surface area contributed by atoms with Crippen molar-refractivity contribution < 1.29 is 19.1 Å². The lowest BCUT2D eigenvalue weighted by Crippen LogP contribution is -2.08. The van der Waals surface area contributed by atoms with Crippen LogP contribution in [0.4, 0.5) is 0 Å². The highest BCUT2D eigenvalue weighted by Gasteiger charge is 2.19. The molecule has 0 aliphatic carbocycles. The molecule has 0 unspecified atom stereocenters. The fraction of sp³-hybridized carbons (Fsp3) is 0.407. The summed E-state index contributed by atoms with van der Waals surface area (Å²) in [4.78, 5) is 37.7. The molecule has 60 heavy (non-hydrogen) atoms. The molecule has 4 aromatic carbocycles. The van der Waals surface area contributed by atoms with Crippen LogP contribution in [0.3, 0.4) is 0 Å². The fourth-order valence-electron chi connectivity index (χ4n) is 7.97. The molecule has 0 saturated carbocycles. The molecule has 0 aliphatic rings. The molecule has 6 heteroatoms. The Kier molecular flexibility index (Phi) is 17.7. The Bertz CT molecular complexity index is 2090. The quantitative estimate of drug-likeness (QED) is 0.0424. The Morgan fingerprint density at radius 2 is 0.750 bits per heavy atom. The Labute approximate surface area is 358 Å². The summed E-state index contributed by atoms with van der Waals surface area (Å²) in [5.74, 6) is -0.686. The van der Waals surface area contributed by atoms with Crippen molar-refractivity contribution in [3.05, 3.63) is 120 Å². The molecule has 6 nitrogen and oxygen atoms in total. The molecular formula is C54H64N2O4. The molecule has 0 amide bonds. The van der Waals surface area contributed by atoms with Crippen molar-refractivity contribution in [1.82, 2.24) is 9.97 Å². The highest BCUT2D eigenvalue weighted by molar-refractivity contribution is 6.07. The Balaban J connectivity index is 1.23. The molecule has 314 valence electrons. The first-order valence-corrected chi connectivity index (χ1v) is 22.9. The van der Waals surface area contributed by atoms with Gasteiger partial charge in [-0.15, -0.1) is 0 Å². The summed E-state index contributed by atoms with van der Waals surface area (Å²) in [5, 5.41) is 1.45. The average molecular weight is 805 g/mol. The summed E-state index contributed by atoms with van der Waals surface area (Å²) in [5.41, 5.74) is 7.53. The smallest absolute Gasteiger partial charge is 0.338 e. The van der Waals surface area contributed by atoms with Crippen LogP contribution in [0.2, 0.25) is 0 Å². The van der Waals surface area contributed by atoms with Crippen LogP contribution < -0.4 is 0 Å². The van der Waals surface area contributed by atoms with Gasteiger partial charge in [0.05, 0.1) is 46.8 Å². The van der Waals surface area contributed by atoms with E-state index in [1.807, 2.05) is 109 Å². The Morgan fingerprint density at radius 3 is 1.12 bits per heavy atom. The number of benzene rings is 4. The maximum atomic E-state index is 13.9. The third-order valence-corrected chi connectivity index (χ3v) is 11.5. The zero-order valence-corrected chi connectivity index (χ0v) is 36.1. The van der Waals surface area contributed by atoms with Gasteiger partial charge in [-0.3, -0.25) is 0 Å². The first-order valence-electron chi connectivity index (χ1n) is 22.9. The topological polar surface area (TPSA) is 78.4 Å². The van der Waals surface area contributed by atoms with Crippen molar-refractivity contribution in [1.29, 1.82) is 0 Å². The summed E-state index contributed by atoms with van der Waals surface area (Å²) in [6.45, 7) is 5.27. The predicted molar refractivity (Wildman–Crippen MR) is 248 cm³/mol. The molecule has 0 fully saturated rings. The molecule has 0 saturated heterocycles. The highest BCUT2D eigenvalue weighted by Crippen LogP contribution is 2.33. The van der Waals surface area contributed by atoms with Gasteiger partial charge in [-0.2, -0.15) is 0 Å². The van der Waals surface area contributed by atoms with Crippen LogP contribution >= 0.6 is 0 Å². The van der Waals surface area contributed by atoms with E-state index >= 15 is 0 Å². The monoisotopic (exact) mass is 804 g/mol. The molecule has 0 aliphatic heterocycles. The molecule has 6 rings (SSSR count). The van der Waals surface area contributed by atoms with Gasteiger partial charge in [0.15, 0.2) is 0 Å². The SMILES string of the molecule is CCCCCCCCCCCOC(=O)c1cc(-c2ccccc2)nc2ccc(-c3ccc4nc(-c5ccccc5)cc(C(=O)OCCCCCCCCCCC)c4c3)cc12. The zero-order valence-electron chi connectivity index (χ0n) is 36.1. The first-order chi connectivity index (χ1) is 29.6. The van der Waals surface area contributed by atoms with Crippen molar-refractivity contribution >= 4 is 33.7 Å². The van der Waals surface area contributed by atoms with Gasteiger partial charge in [-0.1, -0.05) is 189 Å². The summed E-state index contributed by atoms with van der Waals surface area (Å²) in [6.07, 6.45) is 21.6. The summed E-state index contributed by atoms with van der Waals surface area (Å²) >= 11 is 0. The lowest BCUT2D eigenvalue weighted by atomic mass is 9.96. The van der Waals surface area contributed by atoms with Gasteiger partial charge >= 0.3 is 11.9 Å². The van der Waals surface area contributed by atoms with Gasteiger partial charge in [0.2, 0.25) is 0 Å². The molecule has 0 radical (unpaired) electrons. The molecule has 2 aromatic heterocycles. The van der Waals surface area contributed by atoms with E-state index in [0.29, 0.717) is 35.4 Å². The van der Waals surface area contributed by atoms with Gasteiger partial charge < -0.3 is 9.47 Å². The second-order valence-electron chi connectivity index (χ2n) is 16.2. The lowest BCUT2D eigenvalue weighted by molar-refractivity contribution is 0.0490. The largest absolute Gasteiger partial charge is 0.462 e. The van der Waals surface area contributed by atoms with E-state index in [-0.39, 0.29) is 11.9 Å². The van der Waals surface area contributed by atoms with Crippen molar-refractivity contribution in [3.8, 4) is 33.6 Å². The van der Waals surface area contributed by atoms with E-state index < -0.39 is 0 Å². The highest BCUT2D eigenvalue weighted by atomic mass is 16.5. The molecule has 0 spiro atoms. The second-order valence-corrected chi connectivity index (χ2v) is 16.2. The normalized spacial score (nSPS) is 11.3. The molecule has 2 heterocycles. The molecular weight excluding hydrogens is 741 g/mol. The number of aromatic nitrogens is 2. The van der Waals surface area contributed by atoms with Crippen LogP contribution in [0.5, 0.6) is 0 Å². The van der Waals surface area contributed by atoms with Crippen LogP contribution in [0.25, 0.3) is 55.4 Å². The molecule has 0 N–H and O–H groups in total. The van der Waals surface area contributed by atoms with Crippen LogP contribution in [0, 0.1) is 0 Å². The van der Waals surface area contributed by atoms with E-state index in [4.69, 9.17) is 19.4 Å². The predicted octanol–water partition coefficient (Wildman–Crippen LogP) is 15.2. The maximum Gasteiger partial charge on any atom is 0.338 e. The second kappa shape index (κ2) is 24.0. The van der Waals surface area contributed by atoms with Crippen molar-refractivity contribution in [2.75, 3.05) is 13.2 Å². The number of fused-ring (bicyclic) bond motifs is 2. The van der Waals surface area contributed by atoms with Gasteiger partial charge in [0.1, 0.15) is 0 Å². The number of nitrogens with zero attached hydrogens (tertiary/aromatic N) is 2. The summed E-state index contributed by atoms with van der Waals surface area (Å²) < 4.78 is 11.9. The Morgan fingerprint density at radius 1 is 0.400 bits per heavy atom. The number of hydrogen-bond donors (Lipinski definition) is 0. The van der Waals surface area contributed by atoms with E-state index in [1.54, 1.807) is 0 Å². The van der Waals surface area contributed by atoms with E-state index in [0.717, 1.165) is 82.9 Å². The van der Waals surface area contributed by atoms with Crippen LogP contribution in [0.15, 0.2) is 109 Å². The summed E-state index contributed by atoms with van der Waals surface area (Å²) in [6, 6.07) is 35.6. The van der Waals surface area contributed by atoms with Gasteiger partial charge in [0.25, 0.3) is 0 Å². The number of rotatable bonds is 25. The molecule has 0 atom stereocenters. The van der Waals surface area contributed by atoms with E-state index in [1.165, 1.54) is 77.0 Å². The molecule has 0 bridgehead atoms. The summed E-state index contributed by atoms with van der Waals surface area (Å²) in [7, 11) is 0. The number of esters is 2. The fourth-order valence-corrected chi connectivity index (χ4v) is 7.97. The number of unbranched alkanes of at least 4 members (excludes halogenated alkanes) is 16. The molecule has 6 aromatic rings. The minimum absolute atomic E-state index is 0.343. The number of hydrogen-bond acceptors (Lipinski definition) is 6. The number of pyridine rings is 2. The lowest BCUT2D eigenvalue weighted by Gasteiger charge is -2.13. The van der Waals surface area contributed by atoms with Crippen LogP contribution in [0.1, 0.15) is 150 Å². The number of carbonyl (C=O) groups excluding carboxylic acids is 2. The van der Waals surface area contributed by atoms with E-state index in [9.17, 15) is 9.59 Å². The third kappa shape index (κ3) is 12.8. The average Bonchev–Trinajstić information content (AvgIpc) is 3.29. The van der Waals surface area contributed by atoms with Crippen molar-refractivity contribution in [3.63, 3.8) is 0 Å². The number of ether oxygens (including phenoxy) is 2. The van der Waals surface area contributed by atoms with Gasteiger partial charge in [0, 0.05) is 21.9 Å². The minimum Gasteiger partial charge on any atom is -0.462 e. The van der Waals surface area contributed by atoms with Crippen molar-refractivity contribution in [2.24, 2.45) is 0 Å². The maximum absolute atomic E-state index is 13.9.